The van der Waals surface area contributed by atoms with E-state index in [1.54, 1.807) is 12.1 Å². The zero-order valence-corrected chi connectivity index (χ0v) is 15.8. The van der Waals surface area contributed by atoms with Crippen LogP contribution in [0.4, 0.5) is 0 Å². The lowest BCUT2D eigenvalue weighted by atomic mass is 9.95. The molecule has 146 valence electrons. The Hall–Kier alpha value is -2.66. The van der Waals surface area contributed by atoms with Crippen molar-refractivity contribution >= 4 is 11.8 Å². The number of hydrogen-bond acceptors (Lipinski definition) is 3. The summed E-state index contributed by atoms with van der Waals surface area (Å²) >= 11 is 0. The Morgan fingerprint density at radius 3 is 2.29 bits per heavy atom. The Labute approximate surface area is 165 Å². The van der Waals surface area contributed by atoms with E-state index in [1.807, 2.05) is 42.5 Å². The number of aliphatic hydroxyl groups excluding tert-OH is 1. The number of benzene rings is 2. The second kappa shape index (κ2) is 8.15. The minimum absolute atomic E-state index is 0.183. The quantitative estimate of drug-likeness (QED) is 0.723. The van der Waals surface area contributed by atoms with Gasteiger partial charge in [-0.2, -0.15) is 0 Å². The lowest BCUT2D eigenvalue weighted by Crippen LogP contribution is -2.52. The van der Waals surface area contributed by atoms with Crippen molar-refractivity contribution < 1.29 is 14.7 Å². The van der Waals surface area contributed by atoms with E-state index in [9.17, 15) is 14.7 Å². The van der Waals surface area contributed by atoms with E-state index in [0.717, 1.165) is 23.5 Å². The summed E-state index contributed by atoms with van der Waals surface area (Å²) in [4.78, 5) is 25.1. The fourth-order valence-corrected chi connectivity index (χ4v) is 4.59. The van der Waals surface area contributed by atoms with Crippen molar-refractivity contribution in [3.05, 3.63) is 60.2 Å². The van der Waals surface area contributed by atoms with Crippen LogP contribution in [0.1, 0.15) is 36.0 Å². The number of carbonyl (C=O) groups excluding carboxylic acids is 2. The van der Waals surface area contributed by atoms with Crippen LogP contribution < -0.4 is 10.6 Å². The zero-order valence-electron chi connectivity index (χ0n) is 15.8. The third kappa shape index (κ3) is 3.94. The van der Waals surface area contributed by atoms with Crippen molar-refractivity contribution in [2.75, 3.05) is 6.61 Å². The van der Waals surface area contributed by atoms with Crippen LogP contribution in [0.15, 0.2) is 54.6 Å². The predicted molar refractivity (Wildman–Crippen MR) is 108 cm³/mol. The minimum Gasteiger partial charge on any atom is -0.394 e. The van der Waals surface area contributed by atoms with Gasteiger partial charge in [0.25, 0.3) is 5.91 Å². The summed E-state index contributed by atoms with van der Waals surface area (Å²) in [5, 5.41) is 15.3. The molecule has 28 heavy (non-hydrogen) atoms. The minimum atomic E-state index is -0.930. The molecule has 4 rings (SSSR count). The van der Waals surface area contributed by atoms with Gasteiger partial charge in [0.1, 0.15) is 6.04 Å². The fraction of sp³-hybridized carbons (Fsp3) is 0.391. The molecule has 3 N–H and O–H groups in total. The van der Waals surface area contributed by atoms with Crippen LogP contribution in [-0.2, 0) is 4.79 Å². The Bertz CT molecular complexity index is 835. The van der Waals surface area contributed by atoms with Gasteiger partial charge in [-0.1, -0.05) is 48.9 Å². The SMILES string of the molecule is O=C(N[C@@H](CO)C(=O)NC1CC2CCC1C2)c1ccc(-c2ccccc2)cc1. The second-order valence-electron chi connectivity index (χ2n) is 7.94. The van der Waals surface area contributed by atoms with Gasteiger partial charge in [0.05, 0.1) is 6.61 Å². The summed E-state index contributed by atoms with van der Waals surface area (Å²) in [5.41, 5.74) is 2.56. The molecular weight excluding hydrogens is 352 g/mol. The predicted octanol–water partition coefficient (Wildman–Crippen LogP) is 2.75. The van der Waals surface area contributed by atoms with E-state index in [1.165, 1.54) is 19.3 Å². The molecular formula is C23H26N2O3. The van der Waals surface area contributed by atoms with Crippen molar-refractivity contribution in [3.63, 3.8) is 0 Å². The van der Waals surface area contributed by atoms with Gasteiger partial charge >= 0.3 is 0 Å². The topological polar surface area (TPSA) is 78.4 Å². The lowest BCUT2D eigenvalue weighted by molar-refractivity contribution is -0.124. The largest absolute Gasteiger partial charge is 0.394 e. The highest BCUT2D eigenvalue weighted by Crippen LogP contribution is 2.44. The number of amides is 2. The highest BCUT2D eigenvalue weighted by molar-refractivity contribution is 5.98. The standard InChI is InChI=1S/C23H26N2O3/c26-14-21(23(28)24-20-13-15-6-7-19(20)12-15)25-22(27)18-10-8-17(9-11-18)16-4-2-1-3-5-16/h1-5,8-11,15,19-21,26H,6-7,12-14H2,(H,24,28)(H,25,27)/t15?,19?,20?,21-/m0/s1. The number of nitrogens with one attached hydrogen (secondary N) is 2. The number of aliphatic hydroxyl groups is 1. The molecule has 2 fully saturated rings. The summed E-state index contributed by atoms with van der Waals surface area (Å²) in [6.45, 7) is -0.416. The highest BCUT2D eigenvalue weighted by Gasteiger charge is 2.40. The van der Waals surface area contributed by atoms with Crippen molar-refractivity contribution in [2.45, 2.75) is 37.8 Å². The normalized spacial score (nSPS) is 24.0. The first-order valence-electron chi connectivity index (χ1n) is 10.0. The Balaban J connectivity index is 1.36. The molecule has 2 aromatic rings. The molecule has 2 aliphatic rings. The van der Waals surface area contributed by atoms with E-state index in [0.29, 0.717) is 11.5 Å². The molecule has 4 atom stereocenters. The number of rotatable bonds is 6. The molecule has 0 aromatic heterocycles. The molecule has 3 unspecified atom stereocenters. The molecule has 0 spiro atoms. The first-order valence-corrected chi connectivity index (χ1v) is 10.0. The average molecular weight is 378 g/mol. The zero-order chi connectivity index (χ0) is 19.5. The molecule has 2 saturated carbocycles. The third-order valence-corrected chi connectivity index (χ3v) is 6.12. The summed E-state index contributed by atoms with van der Waals surface area (Å²) < 4.78 is 0. The van der Waals surface area contributed by atoms with E-state index in [4.69, 9.17) is 0 Å². The lowest BCUT2D eigenvalue weighted by Gasteiger charge is -2.25. The van der Waals surface area contributed by atoms with E-state index >= 15 is 0 Å². The molecule has 0 heterocycles. The van der Waals surface area contributed by atoms with Crippen LogP contribution in [0.2, 0.25) is 0 Å². The van der Waals surface area contributed by atoms with Gasteiger partial charge in [0, 0.05) is 11.6 Å². The van der Waals surface area contributed by atoms with Crippen LogP contribution in [0.3, 0.4) is 0 Å². The number of carbonyl (C=O) groups is 2. The van der Waals surface area contributed by atoms with Crippen LogP contribution in [-0.4, -0.2) is 35.6 Å². The van der Waals surface area contributed by atoms with Gasteiger partial charge in [0.15, 0.2) is 0 Å². The molecule has 2 aliphatic carbocycles. The maximum Gasteiger partial charge on any atom is 0.251 e. The second-order valence-corrected chi connectivity index (χ2v) is 7.94. The summed E-state index contributed by atoms with van der Waals surface area (Å²) in [5.74, 6) is 0.617. The van der Waals surface area contributed by atoms with Gasteiger partial charge in [-0.3, -0.25) is 9.59 Å². The van der Waals surface area contributed by atoms with Gasteiger partial charge in [-0.25, -0.2) is 0 Å². The molecule has 0 aliphatic heterocycles. The molecule has 0 radical (unpaired) electrons. The number of fused-ring (bicyclic) bond motifs is 2. The Kier molecular flexibility index (Phi) is 5.44. The van der Waals surface area contributed by atoms with Gasteiger partial charge in [-0.15, -0.1) is 0 Å². The number of hydrogen-bond donors (Lipinski definition) is 3. The smallest absolute Gasteiger partial charge is 0.251 e. The molecule has 2 amide bonds. The van der Waals surface area contributed by atoms with Crippen molar-refractivity contribution in [1.29, 1.82) is 0 Å². The maximum atomic E-state index is 12.5. The van der Waals surface area contributed by atoms with Gasteiger partial charge in [-0.05, 0) is 54.4 Å². The van der Waals surface area contributed by atoms with Crippen LogP contribution >= 0.6 is 0 Å². The molecule has 5 nitrogen and oxygen atoms in total. The Morgan fingerprint density at radius 1 is 0.964 bits per heavy atom. The molecule has 2 bridgehead atoms. The van der Waals surface area contributed by atoms with Crippen molar-refractivity contribution in [3.8, 4) is 11.1 Å². The Morgan fingerprint density at radius 2 is 1.68 bits per heavy atom. The van der Waals surface area contributed by atoms with Crippen LogP contribution in [0.5, 0.6) is 0 Å². The third-order valence-electron chi connectivity index (χ3n) is 6.12. The first kappa shape index (κ1) is 18.7. The van der Waals surface area contributed by atoms with Gasteiger partial charge in [0.2, 0.25) is 5.91 Å². The molecule has 5 heteroatoms. The van der Waals surface area contributed by atoms with Crippen LogP contribution in [0, 0.1) is 11.8 Å². The maximum absolute atomic E-state index is 12.5. The van der Waals surface area contributed by atoms with Gasteiger partial charge < -0.3 is 15.7 Å². The first-order chi connectivity index (χ1) is 13.6. The van der Waals surface area contributed by atoms with E-state index < -0.39 is 12.6 Å². The average Bonchev–Trinajstić information content (AvgIpc) is 3.35. The van der Waals surface area contributed by atoms with E-state index in [2.05, 4.69) is 10.6 Å². The van der Waals surface area contributed by atoms with Crippen molar-refractivity contribution in [2.24, 2.45) is 11.8 Å². The van der Waals surface area contributed by atoms with E-state index in [-0.39, 0.29) is 17.9 Å². The molecule has 0 saturated heterocycles. The van der Waals surface area contributed by atoms with Crippen molar-refractivity contribution in [1.82, 2.24) is 10.6 Å². The highest BCUT2D eigenvalue weighted by atomic mass is 16.3. The monoisotopic (exact) mass is 378 g/mol. The molecule has 2 aromatic carbocycles. The van der Waals surface area contributed by atoms with Crippen LogP contribution in [0.25, 0.3) is 11.1 Å². The summed E-state index contributed by atoms with van der Waals surface area (Å²) in [6, 6.07) is 16.4. The summed E-state index contributed by atoms with van der Waals surface area (Å²) in [7, 11) is 0. The summed E-state index contributed by atoms with van der Waals surface area (Å²) in [6.07, 6.45) is 4.63. The fourth-order valence-electron chi connectivity index (χ4n) is 4.59.